The lowest BCUT2D eigenvalue weighted by molar-refractivity contribution is 0.170. The number of likely N-dealkylation sites (tertiary alicyclic amines) is 1. The summed E-state index contributed by atoms with van der Waals surface area (Å²) in [4.78, 5) is 2.66. The Hall–Kier alpha value is -1.32. The van der Waals surface area contributed by atoms with Gasteiger partial charge in [0.05, 0.1) is 0 Å². The molecule has 3 rings (SSSR count). The number of fused-ring (bicyclic) bond motifs is 2. The molecule has 3 heteroatoms. The van der Waals surface area contributed by atoms with E-state index in [1.165, 1.54) is 29.7 Å². The third-order valence-corrected chi connectivity index (χ3v) is 5.18. The maximum Gasteiger partial charge on any atom is 0.122 e. The van der Waals surface area contributed by atoms with Crippen LogP contribution in [0.25, 0.3) is 0 Å². The molecule has 0 saturated carbocycles. The highest BCUT2D eigenvalue weighted by atomic mass is 16.5. The monoisotopic (exact) mass is 286 g/mol. The first kappa shape index (κ1) is 14.6. The van der Waals surface area contributed by atoms with Gasteiger partial charge >= 0.3 is 0 Å². The number of benzene rings is 1. The van der Waals surface area contributed by atoms with Crippen molar-refractivity contribution < 1.29 is 4.74 Å². The summed E-state index contributed by atoms with van der Waals surface area (Å²) < 4.78 is 5.73. The van der Waals surface area contributed by atoms with E-state index in [0.717, 1.165) is 12.3 Å². The Morgan fingerprint density at radius 1 is 1.43 bits per heavy atom. The van der Waals surface area contributed by atoms with Crippen LogP contribution in [0.5, 0.6) is 5.75 Å². The van der Waals surface area contributed by atoms with Gasteiger partial charge in [-0.2, -0.15) is 0 Å². The molecule has 2 aliphatic heterocycles. The van der Waals surface area contributed by atoms with Gasteiger partial charge in [-0.3, -0.25) is 4.90 Å². The number of piperazine rings is 1. The van der Waals surface area contributed by atoms with E-state index in [2.05, 4.69) is 49.7 Å². The van der Waals surface area contributed by atoms with Crippen LogP contribution in [0.3, 0.4) is 0 Å². The van der Waals surface area contributed by atoms with Crippen molar-refractivity contribution in [2.45, 2.75) is 45.3 Å². The fourth-order valence-corrected chi connectivity index (χ4v) is 3.82. The number of hydrogen-bond donors (Lipinski definition) is 1. The molecule has 2 heterocycles. The fraction of sp³-hybridized carbons (Fsp3) is 0.556. The number of ether oxygens (including phenoxy) is 1. The summed E-state index contributed by atoms with van der Waals surface area (Å²) in [6.45, 7) is 13.3. The van der Waals surface area contributed by atoms with Crippen LogP contribution in [0.1, 0.15) is 36.1 Å². The normalized spacial score (nSPS) is 26.0. The van der Waals surface area contributed by atoms with E-state index in [-0.39, 0.29) is 0 Å². The molecule has 2 saturated heterocycles. The predicted octanol–water partition coefficient (Wildman–Crippen LogP) is 2.98. The first-order valence-electron chi connectivity index (χ1n) is 7.94. The van der Waals surface area contributed by atoms with Crippen LogP contribution in [-0.4, -0.2) is 36.7 Å². The summed E-state index contributed by atoms with van der Waals surface area (Å²) in [6.07, 6.45) is 3.10. The lowest BCUT2D eigenvalue weighted by Gasteiger charge is -2.34. The second-order valence-electron chi connectivity index (χ2n) is 6.37. The maximum absolute atomic E-state index is 5.73. The highest BCUT2D eigenvalue weighted by Gasteiger charge is 2.40. The van der Waals surface area contributed by atoms with Gasteiger partial charge in [0.1, 0.15) is 12.4 Å². The minimum absolute atomic E-state index is 0.481. The zero-order valence-electron chi connectivity index (χ0n) is 13.4. The maximum atomic E-state index is 5.73. The van der Waals surface area contributed by atoms with Crippen molar-refractivity contribution in [1.82, 2.24) is 10.2 Å². The van der Waals surface area contributed by atoms with Crippen molar-refractivity contribution in [2.75, 3.05) is 19.7 Å². The van der Waals surface area contributed by atoms with Gasteiger partial charge in [0, 0.05) is 31.2 Å². The van der Waals surface area contributed by atoms with Gasteiger partial charge in [-0.25, -0.2) is 0 Å². The average Bonchev–Trinajstić information content (AvgIpc) is 3.11. The summed E-state index contributed by atoms with van der Waals surface area (Å²) in [5.41, 5.74) is 4.05. The summed E-state index contributed by atoms with van der Waals surface area (Å²) >= 11 is 0. The van der Waals surface area contributed by atoms with Gasteiger partial charge in [0.2, 0.25) is 0 Å². The van der Waals surface area contributed by atoms with Gasteiger partial charge in [0.15, 0.2) is 0 Å². The highest BCUT2D eigenvalue weighted by Crippen LogP contribution is 2.36. The van der Waals surface area contributed by atoms with Crippen molar-refractivity contribution in [2.24, 2.45) is 0 Å². The number of nitrogens with zero attached hydrogens (tertiary/aromatic N) is 1. The largest absolute Gasteiger partial charge is 0.489 e. The standard InChI is InChI=1S/C18H26N2O/c1-5-8-21-18-7-6-17(12(2)13(18)3)14(4)20-11-15-9-16(20)10-19-15/h5-7,14-16,19H,1,8-11H2,2-4H3/t14-,15?,16?/m0/s1. The quantitative estimate of drug-likeness (QED) is 0.842. The third kappa shape index (κ3) is 2.60. The Bertz CT molecular complexity index is 540. The molecule has 114 valence electrons. The van der Waals surface area contributed by atoms with Gasteiger partial charge < -0.3 is 10.1 Å². The van der Waals surface area contributed by atoms with Gasteiger partial charge in [0.25, 0.3) is 0 Å². The lowest BCUT2D eigenvalue weighted by Crippen LogP contribution is -2.44. The van der Waals surface area contributed by atoms with Crippen molar-refractivity contribution in [3.8, 4) is 5.75 Å². The third-order valence-electron chi connectivity index (χ3n) is 5.18. The molecule has 1 aromatic rings. The molecule has 0 radical (unpaired) electrons. The van der Waals surface area contributed by atoms with E-state index in [4.69, 9.17) is 4.74 Å². The molecule has 0 amide bonds. The highest BCUT2D eigenvalue weighted by molar-refractivity contribution is 5.45. The second-order valence-corrected chi connectivity index (χ2v) is 6.37. The van der Waals surface area contributed by atoms with Crippen LogP contribution in [0.4, 0.5) is 0 Å². The summed E-state index contributed by atoms with van der Waals surface area (Å²) in [5.74, 6) is 0.980. The van der Waals surface area contributed by atoms with E-state index in [9.17, 15) is 0 Å². The molecule has 21 heavy (non-hydrogen) atoms. The molecule has 3 atom stereocenters. The van der Waals surface area contributed by atoms with E-state index >= 15 is 0 Å². The summed E-state index contributed by atoms with van der Waals surface area (Å²) in [7, 11) is 0. The number of hydrogen-bond acceptors (Lipinski definition) is 3. The average molecular weight is 286 g/mol. The zero-order valence-corrected chi connectivity index (χ0v) is 13.4. The molecular formula is C18H26N2O. The van der Waals surface area contributed by atoms with Crippen LogP contribution >= 0.6 is 0 Å². The van der Waals surface area contributed by atoms with Gasteiger partial charge in [-0.05, 0) is 49.9 Å². The molecule has 1 aromatic carbocycles. The van der Waals surface area contributed by atoms with Crippen LogP contribution < -0.4 is 10.1 Å². The first-order valence-corrected chi connectivity index (χ1v) is 7.94. The molecule has 2 bridgehead atoms. The molecular weight excluding hydrogens is 260 g/mol. The van der Waals surface area contributed by atoms with Crippen LogP contribution in [0, 0.1) is 13.8 Å². The predicted molar refractivity (Wildman–Crippen MR) is 86.9 cm³/mol. The molecule has 2 fully saturated rings. The Labute approximate surface area is 128 Å². The van der Waals surface area contributed by atoms with E-state index in [1.54, 1.807) is 6.08 Å². The Morgan fingerprint density at radius 3 is 2.86 bits per heavy atom. The fourth-order valence-electron chi connectivity index (χ4n) is 3.82. The van der Waals surface area contributed by atoms with Gasteiger partial charge in [-0.1, -0.05) is 18.7 Å². The second kappa shape index (κ2) is 5.82. The summed E-state index contributed by atoms with van der Waals surface area (Å²) in [6, 6.07) is 6.25. The number of nitrogens with one attached hydrogen (secondary N) is 1. The van der Waals surface area contributed by atoms with Crippen molar-refractivity contribution >= 4 is 0 Å². The van der Waals surface area contributed by atoms with E-state index in [1.807, 2.05) is 0 Å². The van der Waals surface area contributed by atoms with E-state index in [0.29, 0.717) is 24.7 Å². The smallest absolute Gasteiger partial charge is 0.122 e. The SMILES string of the molecule is C=CCOc1ccc([C@H](C)N2CC3CC2CN3)c(C)c1C. The summed E-state index contributed by atoms with van der Waals surface area (Å²) in [5, 5.41) is 3.58. The Kier molecular flexibility index (Phi) is 4.05. The molecule has 1 N–H and O–H groups in total. The zero-order chi connectivity index (χ0) is 15.0. The first-order chi connectivity index (χ1) is 10.1. The van der Waals surface area contributed by atoms with Crippen molar-refractivity contribution in [3.63, 3.8) is 0 Å². The van der Waals surface area contributed by atoms with Crippen LogP contribution in [-0.2, 0) is 0 Å². The topological polar surface area (TPSA) is 24.5 Å². The number of rotatable bonds is 5. The van der Waals surface area contributed by atoms with Crippen LogP contribution in [0.2, 0.25) is 0 Å². The van der Waals surface area contributed by atoms with Crippen LogP contribution in [0.15, 0.2) is 24.8 Å². The molecule has 0 aliphatic carbocycles. The Balaban J connectivity index is 1.82. The van der Waals surface area contributed by atoms with Crippen molar-refractivity contribution in [1.29, 1.82) is 0 Å². The van der Waals surface area contributed by atoms with Gasteiger partial charge in [-0.15, -0.1) is 0 Å². The molecule has 0 aromatic heterocycles. The van der Waals surface area contributed by atoms with Crippen molar-refractivity contribution in [3.05, 3.63) is 41.5 Å². The minimum Gasteiger partial charge on any atom is -0.489 e. The lowest BCUT2D eigenvalue weighted by atomic mass is 9.96. The molecule has 2 unspecified atom stereocenters. The Morgan fingerprint density at radius 2 is 2.24 bits per heavy atom. The molecule has 3 nitrogen and oxygen atoms in total. The minimum atomic E-state index is 0.481. The molecule has 0 spiro atoms. The van der Waals surface area contributed by atoms with E-state index < -0.39 is 0 Å². The molecule has 2 aliphatic rings.